The van der Waals surface area contributed by atoms with Crippen LogP contribution in [0.3, 0.4) is 0 Å². The van der Waals surface area contributed by atoms with E-state index in [9.17, 15) is 9.90 Å². The number of amides is 1. The molecule has 0 aliphatic carbocycles. The lowest BCUT2D eigenvalue weighted by Crippen LogP contribution is -2.13. The summed E-state index contributed by atoms with van der Waals surface area (Å²) in [5, 5.41) is 22.8. The van der Waals surface area contributed by atoms with Gasteiger partial charge in [0.15, 0.2) is 5.75 Å². The summed E-state index contributed by atoms with van der Waals surface area (Å²) in [6.07, 6.45) is 1.55. The fourth-order valence-corrected chi connectivity index (χ4v) is 2.36. The average molecular weight is 303 g/mol. The van der Waals surface area contributed by atoms with Gasteiger partial charge in [-0.2, -0.15) is 5.26 Å². The van der Waals surface area contributed by atoms with E-state index in [1.165, 1.54) is 6.07 Å². The van der Waals surface area contributed by atoms with Gasteiger partial charge in [-0.1, -0.05) is 18.2 Å². The molecule has 2 aromatic carbocycles. The van der Waals surface area contributed by atoms with Crippen molar-refractivity contribution in [3.05, 3.63) is 65.4 Å². The van der Waals surface area contributed by atoms with Gasteiger partial charge >= 0.3 is 0 Å². The molecule has 23 heavy (non-hydrogen) atoms. The minimum Gasteiger partial charge on any atom is -0.505 e. The Hall–Kier alpha value is -3.39. The number of nitrogens with zero attached hydrogens (tertiary/aromatic N) is 2. The van der Waals surface area contributed by atoms with Crippen molar-refractivity contribution in [3.8, 4) is 11.8 Å². The number of nitrogens with one attached hydrogen (secondary N) is 1. The molecule has 0 saturated carbocycles. The normalized spacial score (nSPS) is 10.3. The fourth-order valence-electron chi connectivity index (χ4n) is 2.36. The molecule has 5 heteroatoms. The highest BCUT2D eigenvalue weighted by atomic mass is 16.3. The van der Waals surface area contributed by atoms with E-state index in [0.717, 1.165) is 10.9 Å². The van der Waals surface area contributed by atoms with Gasteiger partial charge in [0.1, 0.15) is 11.6 Å². The van der Waals surface area contributed by atoms with Gasteiger partial charge in [0.2, 0.25) is 0 Å². The Labute approximate surface area is 132 Å². The van der Waals surface area contributed by atoms with Crippen molar-refractivity contribution in [1.29, 1.82) is 5.26 Å². The van der Waals surface area contributed by atoms with Gasteiger partial charge in [-0.25, -0.2) is 0 Å². The zero-order valence-electron chi connectivity index (χ0n) is 12.4. The molecule has 3 rings (SSSR count). The summed E-state index contributed by atoms with van der Waals surface area (Å²) >= 11 is 0. The van der Waals surface area contributed by atoms with E-state index in [1.807, 2.05) is 13.0 Å². The number of fused-ring (bicyclic) bond motifs is 1. The summed E-state index contributed by atoms with van der Waals surface area (Å²) in [5.41, 5.74) is 2.18. The summed E-state index contributed by atoms with van der Waals surface area (Å²) in [5.74, 6) is -0.663. The molecule has 0 fully saturated rings. The van der Waals surface area contributed by atoms with Gasteiger partial charge in [0.05, 0.1) is 16.8 Å². The summed E-state index contributed by atoms with van der Waals surface area (Å²) in [6.45, 7) is 1.87. The Morgan fingerprint density at radius 2 is 2.09 bits per heavy atom. The molecule has 0 unspecified atom stereocenters. The predicted molar refractivity (Wildman–Crippen MR) is 87.3 cm³/mol. The van der Waals surface area contributed by atoms with Crippen molar-refractivity contribution in [3.63, 3.8) is 0 Å². The third-order valence-corrected chi connectivity index (χ3v) is 3.54. The second-order valence-electron chi connectivity index (χ2n) is 5.15. The van der Waals surface area contributed by atoms with Crippen LogP contribution in [0.4, 0.5) is 5.69 Å². The van der Waals surface area contributed by atoms with Crippen LogP contribution in [0, 0.1) is 18.3 Å². The Kier molecular flexibility index (Phi) is 3.65. The number of hydrogen-bond donors (Lipinski definition) is 2. The maximum absolute atomic E-state index is 12.4. The van der Waals surface area contributed by atoms with Crippen LogP contribution in [0.5, 0.6) is 5.75 Å². The highest BCUT2D eigenvalue weighted by Crippen LogP contribution is 2.28. The van der Waals surface area contributed by atoms with Gasteiger partial charge < -0.3 is 10.4 Å². The van der Waals surface area contributed by atoms with Crippen molar-refractivity contribution in [2.24, 2.45) is 0 Å². The van der Waals surface area contributed by atoms with Crippen molar-refractivity contribution in [2.75, 3.05) is 5.32 Å². The van der Waals surface area contributed by atoms with Gasteiger partial charge in [-0.15, -0.1) is 0 Å². The molecule has 0 radical (unpaired) electrons. The van der Waals surface area contributed by atoms with E-state index in [2.05, 4.69) is 10.3 Å². The van der Waals surface area contributed by atoms with E-state index in [4.69, 9.17) is 5.26 Å². The van der Waals surface area contributed by atoms with E-state index < -0.39 is 5.91 Å². The minimum absolute atomic E-state index is 0.113. The zero-order valence-corrected chi connectivity index (χ0v) is 12.4. The van der Waals surface area contributed by atoms with Crippen molar-refractivity contribution >= 4 is 22.5 Å². The quantitative estimate of drug-likeness (QED) is 0.760. The van der Waals surface area contributed by atoms with E-state index >= 15 is 0 Å². The first-order valence-electron chi connectivity index (χ1n) is 6.99. The zero-order chi connectivity index (χ0) is 16.4. The number of pyridine rings is 1. The van der Waals surface area contributed by atoms with E-state index in [-0.39, 0.29) is 11.3 Å². The number of hydrogen-bond acceptors (Lipinski definition) is 4. The summed E-state index contributed by atoms with van der Waals surface area (Å²) in [6, 6.07) is 14.0. The lowest BCUT2D eigenvalue weighted by atomic mass is 10.1. The second-order valence-corrected chi connectivity index (χ2v) is 5.15. The monoisotopic (exact) mass is 303 g/mol. The molecule has 1 heterocycles. The minimum atomic E-state index is -0.489. The lowest BCUT2D eigenvalue weighted by molar-refractivity contribution is 0.102. The molecule has 1 aromatic heterocycles. The van der Waals surface area contributed by atoms with Gasteiger partial charge in [-0.3, -0.25) is 9.78 Å². The molecule has 0 aliphatic heterocycles. The maximum atomic E-state index is 12.4. The molecule has 112 valence electrons. The van der Waals surface area contributed by atoms with Crippen molar-refractivity contribution < 1.29 is 9.90 Å². The number of aryl methyl sites for hydroxylation is 1. The van der Waals surface area contributed by atoms with Crippen LogP contribution in [-0.4, -0.2) is 16.0 Å². The first kappa shape index (κ1) is 14.5. The van der Waals surface area contributed by atoms with Crippen LogP contribution in [0.25, 0.3) is 10.9 Å². The molecule has 0 aliphatic rings. The topological polar surface area (TPSA) is 86.0 Å². The SMILES string of the molecule is Cc1ccc(C#N)c(NC(=O)c2ccc3cccnc3c2O)c1. The fraction of sp³-hybridized carbons (Fsp3) is 0.0556. The van der Waals surface area contributed by atoms with Crippen LogP contribution in [0.15, 0.2) is 48.7 Å². The molecule has 0 atom stereocenters. The summed E-state index contributed by atoms with van der Waals surface area (Å²) in [4.78, 5) is 16.5. The molecule has 5 nitrogen and oxygen atoms in total. The number of phenols is 1. The van der Waals surface area contributed by atoms with Gasteiger partial charge in [0, 0.05) is 11.6 Å². The summed E-state index contributed by atoms with van der Waals surface area (Å²) < 4.78 is 0. The standard InChI is InChI=1S/C18H13N3O2/c1-11-4-5-13(10-19)15(9-11)21-18(23)14-7-6-12-3-2-8-20-16(12)17(14)22/h2-9,22H,1H3,(H,21,23). The van der Waals surface area contributed by atoms with Crippen LogP contribution in [0.1, 0.15) is 21.5 Å². The number of carbonyl (C=O) groups is 1. The number of phenolic OH excluding ortho intramolecular Hbond substituents is 1. The first-order valence-corrected chi connectivity index (χ1v) is 6.99. The van der Waals surface area contributed by atoms with Crippen LogP contribution < -0.4 is 5.32 Å². The highest BCUT2D eigenvalue weighted by molar-refractivity contribution is 6.09. The molecule has 0 spiro atoms. The maximum Gasteiger partial charge on any atom is 0.259 e. The highest BCUT2D eigenvalue weighted by Gasteiger charge is 2.16. The lowest BCUT2D eigenvalue weighted by Gasteiger charge is -2.10. The largest absolute Gasteiger partial charge is 0.505 e. The molecule has 2 N–H and O–H groups in total. The van der Waals surface area contributed by atoms with E-state index in [1.54, 1.807) is 42.6 Å². The van der Waals surface area contributed by atoms with E-state index in [0.29, 0.717) is 16.8 Å². The van der Waals surface area contributed by atoms with Gasteiger partial charge in [-0.05, 0) is 36.8 Å². The Morgan fingerprint density at radius 1 is 1.26 bits per heavy atom. The molecule has 0 saturated heterocycles. The van der Waals surface area contributed by atoms with Crippen LogP contribution in [-0.2, 0) is 0 Å². The van der Waals surface area contributed by atoms with Crippen molar-refractivity contribution in [2.45, 2.75) is 6.92 Å². The van der Waals surface area contributed by atoms with Crippen LogP contribution in [0.2, 0.25) is 0 Å². The third-order valence-electron chi connectivity index (χ3n) is 3.54. The first-order chi connectivity index (χ1) is 11.1. The Morgan fingerprint density at radius 3 is 2.87 bits per heavy atom. The number of nitriles is 1. The summed E-state index contributed by atoms with van der Waals surface area (Å²) in [7, 11) is 0. The molecule has 1 amide bonds. The number of rotatable bonds is 2. The number of aromatic hydroxyl groups is 1. The van der Waals surface area contributed by atoms with Gasteiger partial charge in [0.25, 0.3) is 5.91 Å². The molecule has 0 bridgehead atoms. The molecular weight excluding hydrogens is 290 g/mol. The number of benzene rings is 2. The Bertz CT molecular complexity index is 958. The van der Waals surface area contributed by atoms with Crippen molar-refractivity contribution in [1.82, 2.24) is 4.98 Å². The third kappa shape index (κ3) is 2.70. The number of aromatic nitrogens is 1. The number of carbonyl (C=O) groups excluding carboxylic acids is 1. The van der Waals surface area contributed by atoms with Crippen LogP contribution >= 0.6 is 0 Å². The molecule has 3 aromatic rings. The number of anilines is 1. The average Bonchev–Trinajstić information content (AvgIpc) is 2.55. The second kappa shape index (κ2) is 5.78. The smallest absolute Gasteiger partial charge is 0.259 e. The predicted octanol–water partition coefficient (Wildman–Crippen LogP) is 3.37. The Balaban J connectivity index is 2.00. The molecular formula is C18H13N3O2.